The standard InChI is InChI=1S/C27H19BrClIN2O4/c1-2-3-18-12-17(14-23(28)24(18)36-15-16-4-8-20(30)9-5-16)13-22-25(33)31-27(35)32(26(22)34)21-10-6-19(29)7-11-21/h2,4-14H,1,3,15H2,(H,31,33,35)/b22-13+. The molecule has 3 aromatic carbocycles. The van der Waals surface area contributed by atoms with Crippen LogP contribution in [0.5, 0.6) is 5.75 Å². The molecule has 6 nitrogen and oxygen atoms in total. The van der Waals surface area contributed by atoms with E-state index in [-0.39, 0.29) is 5.57 Å². The van der Waals surface area contributed by atoms with Gasteiger partial charge in [0.25, 0.3) is 11.8 Å². The number of nitrogens with one attached hydrogen (secondary N) is 1. The van der Waals surface area contributed by atoms with Crippen LogP contribution in [0.1, 0.15) is 16.7 Å². The average molecular weight is 678 g/mol. The predicted octanol–water partition coefficient (Wildman–Crippen LogP) is 6.68. The van der Waals surface area contributed by atoms with Crippen LogP contribution in [0.2, 0.25) is 5.02 Å². The van der Waals surface area contributed by atoms with E-state index in [1.54, 1.807) is 24.3 Å². The molecule has 1 N–H and O–H groups in total. The van der Waals surface area contributed by atoms with Gasteiger partial charge >= 0.3 is 6.03 Å². The number of allylic oxidation sites excluding steroid dienone is 1. The normalized spacial score (nSPS) is 14.7. The summed E-state index contributed by atoms with van der Waals surface area (Å²) >= 11 is 11.7. The lowest BCUT2D eigenvalue weighted by molar-refractivity contribution is -0.122. The molecule has 1 heterocycles. The van der Waals surface area contributed by atoms with E-state index in [9.17, 15) is 14.4 Å². The first-order valence-electron chi connectivity index (χ1n) is 10.7. The summed E-state index contributed by atoms with van der Waals surface area (Å²) in [6.45, 7) is 4.20. The van der Waals surface area contributed by atoms with E-state index in [1.165, 1.54) is 18.2 Å². The van der Waals surface area contributed by atoms with E-state index in [2.05, 4.69) is 50.4 Å². The summed E-state index contributed by atoms with van der Waals surface area (Å²) in [5.74, 6) is -0.852. The number of halogens is 3. The summed E-state index contributed by atoms with van der Waals surface area (Å²) in [6, 6.07) is 17.0. The van der Waals surface area contributed by atoms with Gasteiger partial charge in [-0.1, -0.05) is 29.8 Å². The molecule has 0 aromatic heterocycles. The van der Waals surface area contributed by atoms with Crippen molar-refractivity contribution in [1.29, 1.82) is 0 Å². The second-order valence-electron chi connectivity index (χ2n) is 7.83. The summed E-state index contributed by atoms with van der Waals surface area (Å²) < 4.78 is 7.90. The zero-order valence-electron chi connectivity index (χ0n) is 18.8. The van der Waals surface area contributed by atoms with Crippen LogP contribution >= 0.6 is 50.1 Å². The zero-order valence-corrected chi connectivity index (χ0v) is 23.3. The van der Waals surface area contributed by atoms with Crippen molar-refractivity contribution in [1.82, 2.24) is 5.32 Å². The summed E-state index contributed by atoms with van der Waals surface area (Å²) in [5.41, 5.74) is 2.56. The Labute approximate surface area is 235 Å². The molecule has 0 unspecified atom stereocenters. The average Bonchev–Trinajstić information content (AvgIpc) is 2.83. The number of imide groups is 2. The molecule has 9 heteroatoms. The van der Waals surface area contributed by atoms with Crippen LogP contribution in [0.3, 0.4) is 0 Å². The molecular weight excluding hydrogens is 659 g/mol. The predicted molar refractivity (Wildman–Crippen MR) is 152 cm³/mol. The Morgan fingerprint density at radius 2 is 1.75 bits per heavy atom. The second kappa shape index (κ2) is 11.4. The van der Waals surface area contributed by atoms with Crippen LogP contribution in [0.4, 0.5) is 10.5 Å². The molecule has 0 aliphatic carbocycles. The minimum absolute atomic E-state index is 0.173. The Balaban J connectivity index is 1.65. The smallest absolute Gasteiger partial charge is 0.335 e. The van der Waals surface area contributed by atoms with Crippen LogP contribution in [0, 0.1) is 3.57 Å². The summed E-state index contributed by atoms with van der Waals surface area (Å²) in [7, 11) is 0. The molecule has 0 spiro atoms. The number of hydrogen-bond donors (Lipinski definition) is 1. The maximum absolute atomic E-state index is 13.2. The number of nitrogens with zero attached hydrogens (tertiary/aromatic N) is 1. The number of hydrogen-bond acceptors (Lipinski definition) is 4. The highest BCUT2D eigenvalue weighted by molar-refractivity contribution is 14.1. The molecule has 1 fully saturated rings. The van der Waals surface area contributed by atoms with Crippen molar-refractivity contribution >= 4 is 79.7 Å². The molecule has 0 bridgehead atoms. The summed E-state index contributed by atoms with van der Waals surface area (Å²) in [5, 5.41) is 2.68. The largest absolute Gasteiger partial charge is 0.487 e. The lowest BCUT2D eigenvalue weighted by Gasteiger charge is -2.26. The van der Waals surface area contributed by atoms with Crippen molar-refractivity contribution in [3.05, 3.63) is 109 Å². The van der Waals surface area contributed by atoms with Crippen molar-refractivity contribution < 1.29 is 19.1 Å². The van der Waals surface area contributed by atoms with E-state index < -0.39 is 17.8 Å². The molecule has 4 rings (SSSR count). The highest BCUT2D eigenvalue weighted by Crippen LogP contribution is 2.34. The Morgan fingerprint density at radius 1 is 1.06 bits per heavy atom. The molecule has 1 saturated heterocycles. The number of anilines is 1. The van der Waals surface area contributed by atoms with Gasteiger partial charge in [-0.25, -0.2) is 9.69 Å². The van der Waals surface area contributed by atoms with Gasteiger partial charge < -0.3 is 4.74 Å². The quantitative estimate of drug-likeness (QED) is 0.131. The first kappa shape index (κ1) is 26.1. The van der Waals surface area contributed by atoms with Gasteiger partial charge in [0.2, 0.25) is 0 Å². The number of amides is 4. The lowest BCUT2D eigenvalue weighted by atomic mass is 10.0. The van der Waals surface area contributed by atoms with Crippen molar-refractivity contribution in [3.8, 4) is 5.75 Å². The second-order valence-corrected chi connectivity index (χ2v) is 10.4. The minimum atomic E-state index is -0.822. The van der Waals surface area contributed by atoms with Gasteiger partial charge in [0.05, 0.1) is 10.2 Å². The third-order valence-electron chi connectivity index (χ3n) is 5.30. The molecule has 36 heavy (non-hydrogen) atoms. The van der Waals surface area contributed by atoms with Gasteiger partial charge in [-0.2, -0.15) is 0 Å². The van der Waals surface area contributed by atoms with Crippen molar-refractivity contribution in [2.45, 2.75) is 13.0 Å². The number of barbiturate groups is 1. The lowest BCUT2D eigenvalue weighted by Crippen LogP contribution is -2.54. The maximum Gasteiger partial charge on any atom is 0.335 e. The number of benzene rings is 3. The van der Waals surface area contributed by atoms with Crippen LogP contribution < -0.4 is 15.0 Å². The van der Waals surface area contributed by atoms with Gasteiger partial charge in [0.1, 0.15) is 17.9 Å². The molecule has 0 radical (unpaired) electrons. The Kier molecular flexibility index (Phi) is 8.28. The highest BCUT2D eigenvalue weighted by atomic mass is 127. The monoisotopic (exact) mass is 676 g/mol. The van der Waals surface area contributed by atoms with E-state index >= 15 is 0 Å². The Morgan fingerprint density at radius 3 is 2.42 bits per heavy atom. The SMILES string of the molecule is C=CCc1cc(/C=C2\C(=O)NC(=O)N(c3ccc(Cl)cc3)C2=O)cc(Br)c1OCc1ccc(I)cc1. The first-order chi connectivity index (χ1) is 17.3. The third kappa shape index (κ3) is 5.88. The van der Waals surface area contributed by atoms with Crippen LogP contribution in [0.25, 0.3) is 6.08 Å². The molecule has 4 amide bonds. The summed E-state index contributed by atoms with van der Waals surface area (Å²) in [6.07, 6.45) is 3.70. The highest BCUT2D eigenvalue weighted by Gasteiger charge is 2.36. The van der Waals surface area contributed by atoms with Gasteiger partial charge in [0.15, 0.2) is 0 Å². The van der Waals surface area contributed by atoms with Gasteiger partial charge in [-0.15, -0.1) is 6.58 Å². The van der Waals surface area contributed by atoms with Crippen molar-refractivity contribution in [2.24, 2.45) is 0 Å². The molecule has 3 aromatic rings. The van der Waals surface area contributed by atoms with E-state index in [4.69, 9.17) is 16.3 Å². The zero-order chi connectivity index (χ0) is 25.8. The van der Waals surface area contributed by atoms with Gasteiger partial charge in [0, 0.05) is 8.59 Å². The number of rotatable bonds is 7. The molecule has 1 aliphatic rings. The number of carbonyl (C=O) groups is 3. The van der Waals surface area contributed by atoms with Gasteiger partial charge in [-0.05, 0) is 116 Å². The molecule has 0 atom stereocenters. The topological polar surface area (TPSA) is 75.7 Å². The van der Waals surface area contributed by atoms with Crippen molar-refractivity contribution in [3.63, 3.8) is 0 Å². The number of urea groups is 1. The fourth-order valence-corrected chi connectivity index (χ4v) is 4.73. The Bertz CT molecular complexity index is 1390. The molecule has 0 saturated carbocycles. The Hall–Kier alpha value is -2.95. The van der Waals surface area contributed by atoms with E-state index in [0.717, 1.165) is 19.6 Å². The van der Waals surface area contributed by atoms with Crippen LogP contribution in [-0.2, 0) is 22.6 Å². The number of carbonyl (C=O) groups excluding carboxylic acids is 3. The molecular formula is C27H19BrClIN2O4. The first-order valence-corrected chi connectivity index (χ1v) is 13.0. The van der Waals surface area contributed by atoms with Crippen LogP contribution in [-0.4, -0.2) is 17.8 Å². The summed E-state index contributed by atoms with van der Waals surface area (Å²) in [4.78, 5) is 39.1. The molecule has 1 aliphatic heterocycles. The van der Waals surface area contributed by atoms with Crippen molar-refractivity contribution in [2.75, 3.05) is 4.90 Å². The minimum Gasteiger partial charge on any atom is -0.487 e. The van der Waals surface area contributed by atoms with Gasteiger partial charge in [-0.3, -0.25) is 14.9 Å². The van der Waals surface area contributed by atoms with Crippen LogP contribution in [0.15, 0.2) is 83.4 Å². The third-order valence-corrected chi connectivity index (χ3v) is 6.86. The molecule has 182 valence electrons. The van der Waals surface area contributed by atoms with E-state index in [1.807, 2.05) is 30.3 Å². The maximum atomic E-state index is 13.2. The van der Waals surface area contributed by atoms with E-state index in [0.29, 0.717) is 39.5 Å². The fraction of sp³-hybridized carbons (Fsp3) is 0.0741. The number of ether oxygens (including phenoxy) is 1. The fourth-order valence-electron chi connectivity index (χ4n) is 3.61.